The standard InChI is InChI=1S/C18H26N2O5/c21-15-8-18(9-16(15)22,12-25-14-2-1-5-19-10-14)11-20-17(23)13-3-6-24-7-4-13/h1-2,5,10,13,15-16,21-22H,3-4,6-9,11-12H2,(H,20,23)/t15-,16+,18?. The van der Waals surface area contributed by atoms with Crippen LogP contribution in [0.5, 0.6) is 5.75 Å². The molecule has 1 aromatic heterocycles. The number of nitrogens with one attached hydrogen (secondary N) is 1. The first-order chi connectivity index (χ1) is 12.1. The van der Waals surface area contributed by atoms with Crippen molar-refractivity contribution in [1.82, 2.24) is 10.3 Å². The molecule has 1 unspecified atom stereocenters. The minimum atomic E-state index is -0.794. The molecule has 25 heavy (non-hydrogen) atoms. The van der Waals surface area contributed by atoms with Crippen LogP contribution in [-0.2, 0) is 9.53 Å². The number of hydrogen-bond acceptors (Lipinski definition) is 6. The van der Waals surface area contributed by atoms with Gasteiger partial charge in [-0.25, -0.2) is 0 Å². The molecule has 7 heteroatoms. The first-order valence-corrected chi connectivity index (χ1v) is 8.82. The third-order valence-electron chi connectivity index (χ3n) is 5.14. The predicted molar refractivity (Wildman–Crippen MR) is 90.0 cm³/mol. The zero-order valence-corrected chi connectivity index (χ0v) is 14.3. The molecular formula is C18H26N2O5. The highest BCUT2D eigenvalue weighted by atomic mass is 16.5. The van der Waals surface area contributed by atoms with Crippen LogP contribution in [0.3, 0.4) is 0 Å². The van der Waals surface area contributed by atoms with Crippen LogP contribution < -0.4 is 10.1 Å². The molecule has 1 aromatic rings. The first kappa shape index (κ1) is 18.1. The second-order valence-corrected chi connectivity index (χ2v) is 7.12. The van der Waals surface area contributed by atoms with Crippen LogP contribution in [0.2, 0.25) is 0 Å². The van der Waals surface area contributed by atoms with E-state index in [4.69, 9.17) is 9.47 Å². The summed E-state index contributed by atoms with van der Waals surface area (Å²) in [5.74, 6) is 0.620. The highest BCUT2D eigenvalue weighted by Crippen LogP contribution is 2.38. The van der Waals surface area contributed by atoms with E-state index < -0.39 is 17.6 Å². The molecule has 138 valence electrons. The Kier molecular flexibility index (Phi) is 5.88. The molecule has 0 radical (unpaired) electrons. The molecule has 0 spiro atoms. The molecule has 1 aliphatic carbocycles. The minimum Gasteiger partial charge on any atom is -0.491 e. The van der Waals surface area contributed by atoms with Crippen LogP contribution in [0.25, 0.3) is 0 Å². The number of carbonyl (C=O) groups is 1. The topological polar surface area (TPSA) is 101 Å². The van der Waals surface area contributed by atoms with Gasteiger partial charge in [-0.15, -0.1) is 0 Å². The van der Waals surface area contributed by atoms with Crippen LogP contribution in [0, 0.1) is 11.3 Å². The lowest BCUT2D eigenvalue weighted by Crippen LogP contribution is -2.43. The predicted octanol–water partition coefficient (Wildman–Crippen LogP) is 0.505. The molecule has 3 rings (SSSR count). The average molecular weight is 350 g/mol. The van der Waals surface area contributed by atoms with E-state index >= 15 is 0 Å². The maximum absolute atomic E-state index is 12.4. The second-order valence-electron chi connectivity index (χ2n) is 7.12. The van der Waals surface area contributed by atoms with E-state index in [0.717, 1.165) is 12.8 Å². The summed E-state index contributed by atoms with van der Waals surface area (Å²) in [6.45, 7) is 1.91. The van der Waals surface area contributed by atoms with Gasteiger partial charge >= 0.3 is 0 Å². The summed E-state index contributed by atoms with van der Waals surface area (Å²) in [4.78, 5) is 16.4. The zero-order valence-electron chi connectivity index (χ0n) is 14.3. The first-order valence-electron chi connectivity index (χ1n) is 8.82. The fourth-order valence-corrected chi connectivity index (χ4v) is 3.60. The van der Waals surface area contributed by atoms with Gasteiger partial charge in [0.1, 0.15) is 5.75 Å². The van der Waals surface area contributed by atoms with Gasteiger partial charge < -0.3 is 25.0 Å². The molecule has 2 fully saturated rings. The van der Waals surface area contributed by atoms with E-state index in [1.165, 1.54) is 0 Å². The third-order valence-corrected chi connectivity index (χ3v) is 5.14. The maximum Gasteiger partial charge on any atom is 0.223 e. The second kappa shape index (κ2) is 8.12. The molecule has 3 atom stereocenters. The van der Waals surface area contributed by atoms with E-state index in [0.29, 0.717) is 45.0 Å². The smallest absolute Gasteiger partial charge is 0.223 e. The molecular weight excluding hydrogens is 324 g/mol. The van der Waals surface area contributed by atoms with Gasteiger partial charge in [0.15, 0.2) is 0 Å². The molecule has 7 nitrogen and oxygen atoms in total. The third kappa shape index (κ3) is 4.68. The SMILES string of the molecule is O=C(NCC1(COc2cccnc2)C[C@@H](O)[C@@H](O)C1)C1CCOCC1. The number of ether oxygens (including phenoxy) is 2. The number of amides is 1. The van der Waals surface area contributed by atoms with Crippen LogP contribution in [0.4, 0.5) is 0 Å². The fourth-order valence-electron chi connectivity index (χ4n) is 3.60. The number of rotatable bonds is 6. The molecule has 2 heterocycles. The number of hydrogen-bond donors (Lipinski definition) is 3. The number of pyridine rings is 1. The van der Waals surface area contributed by atoms with E-state index in [1.54, 1.807) is 18.5 Å². The number of aliphatic hydroxyl groups is 2. The van der Waals surface area contributed by atoms with Crippen molar-refractivity contribution in [3.8, 4) is 5.75 Å². The summed E-state index contributed by atoms with van der Waals surface area (Å²) in [5, 5.41) is 23.0. The van der Waals surface area contributed by atoms with Gasteiger partial charge in [-0.1, -0.05) is 0 Å². The Balaban J connectivity index is 1.60. The van der Waals surface area contributed by atoms with Gasteiger partial charge in [0.25, 0.3) is 0 Å². The van der Waals surface area contributed by atoms with E-state index in [2.05, 4.69) is 10.3 Å². The lowest BCUT2D eigenvalue weighted by Gasteiger charge is -2.30. The van der Waals surface area contributed by atoms with Crippen molar-refractivity contribution in [2.45, 2.75) is 37.9 Å². The van der Waals surface area contributed by atoms with Crippen molar-refractivity contribution in [3.05, 3.63) is 24.5 Å². The molecule has 3 N–H and O–H groups in total. The van der Waals surface area contributed by atoms with Crippen molar-refractivity contribution in [3.63, 3.8) is 0 Å². The van der Waals surface area contributed by atoms with Gasteiger partial charge in [-0.05, 0) is 37.8 Å². The maximum atomic E-state index is 12.4. The minimum absolute atomic E-state index is 0.0138. The van der Waals surface area contributed by atoms with Gasteiger partial charge in [0, 0.05) is 37.3 Å². The molecule has 1 aliphatic heterocycles. The van der Waals surface area contributed by atoms with Crippen molar-refractivity contribution < 1.29 is 24.5 Å². The summed E-state index contributed by atoms with van der Waals surface area (Å²) >= 11 is 0. The normalized spacial score (nSPS) is 30.2. The molecule has 1 saturated carbocycles. The van der Waals surface area contributed by atoms with Crippen LogP contribution >= 0.6 is 0 Å². The molecule has 1 amide bonds. The van der Waals surface area contributed by atoms with E-state index in [9.17, 15) is 15.0 Å². The highest BCUT2D eigenvalue weighted by molar-refractivity contribution is 5.78. The van der Waals surface area contributed by atoms with Crippen LogP contribution in [0.1, 0.15) is 25.7 Å². The Labute approximate surface area is 147 Å². The van der Waals surface area contributed by atoms with Crippen molar-refractivity contribution in [1.29, 1.82) is 0 Å². The summed E-state index contributed by atoms with van der Waals surface area (Å²) in [5.41, 5.74) is -0.491. The Morgan fingerprint density at radius 3 is 2.68 bits per heavy atom. The Hall–Kier alpha value is -1.70. The summed E-state index contributed by atoms with van der Waals surface area (Å²) in [7, 11) is 0. The van der Waals surface area contributed by atoms with Gasteiger partial charge in [0.2, 0.25) is 5.91 Å². The van der Waals surface area contributed by atoms with E-state index in [-0.39, 0.29) is 11.8 Å². The number of nitrogens with zero attached hydrogens (tertiary/aromatic N) is 1. The summed E-state index contributed by atoms with van der Waals surface area (Å²) < 4.78 is 11.1. The lowest BCUT2D eigenvalue weighted by atomic mass is 9.86. The largest absolute Gasteiger partial charge is 0.491 e. The molecule has 0 bridgehead atoms. The Bertz CT molecular complexity index is 552. The average Bonchev–Trinajstić information content (AvgIpc) is 2.94. The fraction of sp³-hybridized carbons (Fsp3) is 0.667. The zero-order chi connectivity index (χ0) is 17.7. The monoisotopic (exact) mass is 350 g/mol. The number of aromatic nitrogens is 1. The summed E-state index contributed by atoms with van der Waals surface area (Å²) in [6, 6.07) is 3.59. The van der Waals surface area contributed by atoms with Gasteiger partial charge in [-0.2, -0.15) is 0 Å². The number of aliphatic hydroxyl groups excluding tert-OH is 2. The number of carbonyl (C=O) groups excluding carboxylic acids is 1. The lowest BCUT2D eigenvalue weighted by molar-refractivity contribution is -0.128. The Morgan fingerprint density at radius 2 is 2.04 bits per heavy atom. The van der Waals surface area contributed by atoms with Crippen LogP contribution in [0.15, 0.2) is 24.5 Å². The van der Waals surface area contributed by atoms with Gasteiger partial charge in [0.05, 0.1) is 25.0 Å². The quantitative estimate of drug-likeness (QED) is 0.691. The molecule has 1 saturated heterocycles. The Morgan fingerprint density at radius 1 is 1.32 bits per heavy atom. The summed E-state index contributed by atoms with van der Waals surface area (Å²) in [6.07, 6.45) is 3.95. The van der Waals surface area contributed by atoms with Crippen molar-refractivity contribution in [2.24, 2.45) is 11.3 Å². The van der Waals surface area contributed by atoms with Crippen LogP contribution in [-0.4, -0.2) is 59.7 Å². The van der Waals surface area contributed by atoms with Gasteiger partial charge in [-0.3, -0.25) is 9.78 Å². The highest BCUT2D eigenvalue weighted by Gasteiger charge is 2.45. The molecule has 0 aromatic carbocycles. The molecule has 2 aliphatic rings. The van der Waals surface area contributed by atoms with Crippen molar-refractivity contribution >= 4 is 5.91 Å². The van der Waals surface area contributed by atoms with Crippen molar-refractivity contribution in [2.75, 3.05) is 26.4 Å². The van der Waals surface area contributed by atoms with E-state index in [1.807, 2.05) is 6.07 Å².